The van der Waals surface area contributed by atoms with E-state index in [9.17, 15) is 4.79 Å². The Morgan fingerprint density at radius 3 is 2.71 bits per heavy atom. The van der Waals surface area contributed by atoms with Gasteiger partial charge in [-0.05, 0) is 49.6 Å². The predicted octanol–water partition coefficient (Wildman–Crippen LogP) is 4.74. The fourth-order valence-electron chi connectivity index (χ4n) is 3.24. The van der Waals surface area contributed by atoms with Gasteiger partial charge in [0.25, 0.3) is 5.91 Å². The van der Waals surface area contributed by atoms with Gasteiger partial charge in [-0.25, -0.2) is 4.98 Å². The van der Waals surface area contributed by atoms with Gasteiger partial charge in [0.15, 0.2) is 5.76 Å². The number of methoxy groups -OCH3 is 1. The topological polar surface area (TPSA) is 64.4 Å². The number of hydrogen-bond donors (Lipinski definition) is 1. The van der Waals surface area contributed by atoms with Crippen molar-refractivity contribution in [2.75, 3.05) is 7.11 Å². The van der Waals surface area contributed by atoms with Crippen molar-refractivity contribution in [1.29, 1.82) is 0 Å². The van der Waals surface area contributed by atoms with E-state index in [1.54, 1.807) is 13.2 Å². The Kier molecular flexibility index (Phi) is 4.98. The van der Waals surface area contributed by atoms with Crippen LogP contribution in [0.25, 0.3) is 22.0 Å². The summed E-state index contributed by atoms with van der Waals surface area (Å²) in [5.74, 6) is 0.785. The Labute approximate surface area is 163 Å². The van der Waals surface area contributed by atoms with Gasteiger partial charge in [-0.3, -0.25) is 4.79 Å². The third-order valence-electron chi connectivity index (χ3n) is 4.82. The molecule has 1 N–H and O–H groups in total. The third kappa shape index (κ3) is 3.83. The molecule has 0 fully saturated rings. The van der Waals surface area contributed by atoms with E-state index in [0.717, 1.165) is 34.9 Å². The molecule has 28 heavy (non-hydrogen) atoms. The molecule has 1 amide bonds. The normalized spacial score (nSPS) is 12.2. The van der Waals surface area contributed by atoms with Gasteiger partial charge in [0.05, 0.1) is 12.6 Å². The van der Waals surface area contributed by atoms with E-state index in [0.29, 0.717) is 5.71 Å². The largest absolute Gasteiger partial charge is 0.497 e. The molecule has 0 aliphatic heterocycles. The molecule has 0 aliphatic carbocycles. The van der Waals surface area contributed by atoms with Crippen molar-refractivity contribution in [3.63, 3.8) is 0 Å². The maximum Gasteiger partial charge on any atom is 0.287 e. The van der Waals surface area contributed by atoms with E-state index >= 15 is 0 Å². The van der Waals surface area contributed by atoms with Gasteiger partial charge in [0.2, 0.25) is 5.71 Å². The molecule has 0 saturated heterocycles. The van der Waals surface area contributed by atoms with Crippen LogP contribution in [0.3, 0.4) is 0 Å². The number of pyridine rings is 1. The standard InChI is InChI=1S/C23H22N2O3/c1-15(8-9-16-6-4-3-5-7-16)24-22(26)21-13-18-12-17-10-11-19(27-2)14-20(17)25-23(18)28-21/h3-7,10-15H,8-9H2,1-2H3,(H,24,26)/t15-/m0/s1. The van der Waals surface area contributed by atoms with E-state index in [2.05, 4.69) is 22.4 Å². The third-order valence-corrected chi connectivity index (χ3v) is 4.82. The minimum Gasteiger partial charge on any atom is -0.497 e. The number of amides is 1. The van der Waals surface area contributed by atoms with Crippen molar-refractivity contribution in [3.05, 3.63) is 72.0 Å². The molecule has 0 unspecified atom stereocenters. The highest BCUT2D eigenvalue weighted by atomic mass is 16.5. The first-order chi connectivity index (χ1) is 13.6. The molecule has 142 valence electrons. The number of fused-ring (bicyclic) bond motifs is 2. The fourth-order valence-corrected chi connectivity index (χ4v) is 3.24. The molecule has 5 nitrogen and oxygen atoms in total. The number of nitrogens with one attached hydrogen (secondary N) is 1. The highest BCUT2D eigenvalue weighted by molar-refractivity contribution is 5.98. The lowest BCUT2D eigenvalue weighted by Gasteiger charge is -2.12. The molecule has 0 radical (unpaired) electrons. The average molecular weight is 374 g/mol. The fraction of sp³-hybridized carbons (Fsp3) is 0.217. The number of hydrogen-bond acceptors (Lipinski definition) is 4. The number of ether oxygens (including phenoxy) is 1. The highest BCUT2D eigenvalue weighted by Gasteiger charge is 2.16. The number of rotatable bonds is 6. The van der Waals surface area contributed by atoms with Gasteiger partial charge < -0.3 is 14.5 Å². The molecular formula is C23H22N2O3. The maximum atomic E-state index is 12.6. The Balaban J connectivity index is 1.48. The second-order valence-electron chi connectivity index (χ2n) is 6.95. The number of benzene rings is 2. The lowest BCUT2D eigenvalue weighted by atomic mass is 10.1. The first-order valence-corrected chi connectivity index (χ1v) is 9.35. The number of carbonyl (C=O) groups is 1. The molecule has 0 aliphatic rings. The van der Waals surface area contributed by atoms with Crippen molar-refractivity contribution in [3.8, 4) is 5.75 Å². The summed E-state index contributed by atoms with van der Waals surface area (Å²) < 4.78 is 11.0. The number of furan rings is 1. The first kappa shape index (κ1) is 18.0. The molecule has 0 spiro atoms. The minimum absolute atomic E-state index is 0.0391. The summed E-state index contributed by atoms with van der Waals surface area (Å²) in [5.41, 5.74) is 2.48. The molecule has 4 rings (SSSR count). The van der Waals surface area contributed by atoms with Crippen LogP contribution >= 0.6 is 0 Å². The quantitative estimate of drug-likeness (QED) is 0.529. The maximum absolute atomic E-state index is 12.6. The second-order valence-corrected chi connectivity index (χ2v) is 6.95. The minimum atomic E-state index is -0.222. The van der Waals surface area contributed by atoms with E-state index in [1.807, 2.05) is 49.4 Å². The zero-order chi connectivity index (χ0) is 19.5. The van der Waals surface area contributed by atoms with Gasteiger partial charge in [-0.2, -0.15) is 0 Å². The zero-order valence-corrected chi connectivity index (χ0v) is 15.9. The molecule has 2 aromatic carbocycles. The summed E-state index contributed by atoms with van der Waals surface area (Å²) in [6.07, 6.45) is 1.77. The monoisotopic (exact) mass is 374 g/mol. The van der Waals surface area contributed by atoms with Crippen LogP contribution in [0.5, 0.6) is 5.75 Å². The number of aryl methyl sites for hydroxylation is 1. The van der Waals surface area contributed by atoms with E-state index < -0.39 is 0 Å². The van der Waals surface area contributed by atoms with Crippen LogP contribution in [0.1, 0.15) is 29.5 Å². The van der Waals surface area contributed by atoms with Gasteiger partial charge in [0, 0.05) is 22.9 Å². The Morgan fingerprint density at radius 2 is 1.93 bits per heavy atom. The number of aromatic nitrogens is 1. The average Bonchev–Trinajstić information content (AvgIpc) is 3.14. The van der Waals surface area contributed by atoms with Gasteiger partial charge in [-0.1, -0.05) is 30.3 Å². The van der Waals surface area contributed by atoms with Crippen molar-refractivity contribution >= 4 is 27.9 Å². The highest BCUT2D eigenvalue weighted by Crippen LogP contribution is 2.25. The van der Waals surface area contributed by atoms with Crippen LogP contribution in [-0.4, -0.2) is 24.0 Å². The van der Waals surface area contributed by atoms with Crippen LogP contribution in [0, 0.1) is 0 Å². The SMILES string of the molecule is COc1ccc2cc3cc(C(=O)N[C@@H](C)CCc4ccccc4)oc3nc2c1. The molecule has 2 aromatic heterocycles. The van der Waals surface area contributed by atoms with Crippen LogP contribution in [0.15, 0.2) is 65.1 Å². The molecule has 2 heterocycles. The van der Waals surface area contributed by atoms with E-state index in [-0.39, 0.29) is 17.7 Å². The molecule has 0 bridgehead atoms. The lowest BCUT2D eigenvalue weighted by molar-refractivity contribution is 0.0912. The van der Waals surface area contributed by atoms with Crippen molar-refractivity contribution in [1.82, 2.24) is 10.3 Å². The molecular weight excluding hydrogens is 352 g/mol. The van der Waals surface area contributed by atoms with Crippen molar-refractivity contribution < 1.29 is 13.9 Å². The molecule has 4 aromatic rings. The predicted molar refractivity (Wildman–Crippen MR) is 110 cm³/mol. The van der Waals surface area contributed by atoms with Gasteiger partial charge >= 0.3 is 0 Å². The summed E-state index contributed by atoms with van der Waals surface area (Å²) >= 11 is 0. The summed E-state index contributed by atoms with van der Waals surface area (Å²) in [5, 5.41) is 4.78. The number of carbonyl (C=O) groups excluding carboxylic acids is 1. The van der Waals surface area contributed by atoms with Crippen molar-refractivity contribution in [2.24, 2.45) is 0 Å². The van der Waals surface area contributed by atoms with Crippen molar-refractivity contribution in [2.45, 2.75) is 25.8 Å². The van der Waals surface area contributed by atoms with Crippen LogP contribution in [0.2, 0.25) is 0 Å². The zero-order valence-electron chi connectivity index (χ0n) is 15.9. The Morgan fingerprint density at radius 1 is 1.11 bits per heavy atom. The molecule has 0 saturated carbocycles. The summed E-state index contributed by atoms with van der Waals surface area (Å²) in [6.45, 7) is 2.00. The first-order valence-electron chi connectivity index (χ1n) is 9.35. The summed E-state index contributed by atoms with van der Waals surface area (Å²) in [4.78, 5) is 17.1. The van der Waals surface area contributed by atoms with Gasteiger partial charge in [-0.15, -0.1) is 0 Å². The summed E-state index contributed by atoms with van der Waals surface area (Å²) in [6, 6.07) is 19.7. The van der Waals surface area contributed by atoms with Crippen LogP contribution in [-0.2, 0) is 6.42 Å². The smallest absolute Gasteiger partial charge is 0.287 e. The Hall–Kier alpha value is -3.34. The van der Waals surface area contributed by atoms with Gasteiger partial charge in [0.1, 0.15) is 5.75 Å². The van der Waals surface area contributed by atoms with E-state index in [4.69, 9.17) is 9.15 Å². The van der Waals surface area contributed by atoms with E-state index in [1.165, 1.54) is 5.56 Å². The Bertz CT molecular complexity index is 1120. The second kappa shape index (κ2) is 7.72. The lowest BCUT2D eigenvalue weighted by Crippen LogP contribution is -2.32. The molecule has 5 heteroatoms. The number of nitrogens with zero attached hydrogens (tertiary/aromatic N) is 1. The van der Waals surface area contributed by atoms with Crippen LogP contribution in [0.4, 0.5) is 0 Å². The summed E-state index contributed by atoms with van der Waals surface area (Å²) in [7, 11) is 1.62. The van der Waals surface area contributed by atoms with Crippen LogP contribution < -0.4 is 10.1 Å². The molecule has 1 atom stereocenters.